The predicted octanol–water partition coefficient (Wildman–Crippen LogP) is 1.58. The number of thioether (sulfide) groups is 1. The molecule has 0 heterocycles. The van der Waals surface area contributed by atoms with Crippen molar-refractivity contribution in [3.8, 4) is 5.75 Å². The molecule has 0 amide bonds. The van der Waals surface area contributed by atoms with E-state index in [1.54, 1.807) is 30.0 Å². The summed E-state index contributed by atoms with van der Waals surface area (Å²) < 4.78 is 32.3. The van der Waals surface area contributed by atoms with E-state index in [2.05, 4.69) is 4.72 Å². The van der Waals surface area contributed by atoms with Crippen molar-refractivity contribution in [2.45, 2.75) is 24.3 Å². The van der Waals surface area contributed by atoms with Crippen LogP contribution in [0.15, 0.2) is 23.1 Å². The normalized spacial score (nSPS) is 11.6. The Bertz CT molecular complexity index is 518. The smallest absolute Gasteiger partial charge is 0.244 e. The minimum Gasteiger partial charge on any atom is -0.495 e. The molecule has 5 nitrogen and oxygen atoms in total. The van der Waals surface area contributed by atoms with Gasteiger partial charge in [-0.25, -0.2) is 13.1 Å². The number of ether oxygens (including phenoxy) is 1. The third-order valence-electron chi connectivity index (χ3n) is 2.82. The van der Waals surface area contributed by atoms with Crippen LogP contribution >= 0.6 is 11.8 Å². The standard InChI is InChI=1S/C13H22N2O3S2/c1-18-12-6-5-11(10-14)9-13(12)20(16,17)15-7-3-4-8-19-2/h5-6,9,15H,3-4,7-8,10,14H2,1-2H3. The minimum absolute atomic E-state index is 0.146. The van der Waals surface area contributed by atoms with E-state index in [1.807, 2.05) is 6.26 Å². The minimum atomic E-state index is -3.56. The van der Waals surface area contributed by atoms with Crippen molar-refractivity contribution in [3.63, 3.8) is 0 Å². The topological polar surface area (TPSA) is 81.4 Å². The molecule has 1 aromatic carbocycles. The zero-order valence-corrected chi connectivity index (χ0v) is 13.5. The first-order valence-electron chi connectivity index (χ1n) is 6.40. The van der Waals surface area contributed by atoms with Gasteiger partial charge in [0.25, 0.3) is 0 Å². The third-order valence-corrected chi connectivity index (χ3v) is 5.00. The molecule has 0 radical (unpaired) electrons. The summed E-state index contributed by atoms with van der Waals surface area (Å²) >= 11 is 1.76. The summed E-state index contributed by atoms with van der Waals surface area (Å²) in [6, 6.07) is 4.95. The Morgan fingerprint density at radius 3 is 2.70 bits per heavy atom. The molecule has 3 N–H and O–H groups in total. The van der Waals surface area contributed by atoms with Crippen LogP contribution in [-0.4, -0.2) is 34.1 Å². The largest absolute Gasteiger partial charge is 0.495 e. The zero-order valence-electron chi connectivity index (χ0n) is 11.9. The SMILES string of the molecule is COc1ccc(CN)cc1S(=O)(=O)NCCCCSC. The Morgan fingerprint density at radius 2 is 2.10 bits per heavy atom. The van der Waals surface area contributed by atoms with Crippen LogP contribution in [-0.2, 0) is 16.6 Å². The maximum Gasteiger partial charge on any atom is 0.244 e. The fourth-order valence-electron chi connectivity index (χ4n) is 1.71. The number of rotatable bonds is 9. The molecule has 0 unspecified atom stereocenters. The Kier molecular flexibility index (Phi) is 7.36. The summed E-state index contributed by atoms with van der Waals surface area (Å²) in [4.78, 5) is 0.146. The number of unbranched alkanes of at least 4 members (excludes halogenated alkanes) is 1. The number of sulfonamides is 1. The molecule has 0 spiro atoms. The average Bonchev–Trinajstić information content (AvgIpc) is 2.46. The fourth-order valence-corrected chi connectivity index (χ4v) is 3.50. The number of hydrogen-bond acceptors (Lipinski definition) is 5. The molecule has 0 aromatic heterocycles. The highest BCUT2D eigenvalue weighted by Gasteiger charge is 2.19. The molecule has 0 fully saturated rings. The molecule has 1 aromatic rings. The summed E-state index contributed by atoms with van der Waals surface area (Å²) in [6.45, 7) is 0.721. The van der Waals surface area contributed by atoms with Crippen molar-refractivity contribution in [2.24, 2.45) is 5.73 Å². The lowest BCUT2D eigenvalue weighted by molar-refractivity contribution is 0.402. The lowest BCUT2D eigenvalue weighted by Gasteiger charge is -2.12. The van der Waals surface area contributed by atoms with Gasteiger partial charge in [-0.1, -0.05) is 6.07 Å². The molecule has 0 bridgehead atoms. The van der Waals surface area contributed by atoms with Gasteiger partial charge < -0.3 is 10.5 Å². The van der Waals surface area contributed by atoms with Crippen molar-refractivity contribution in [3.05, 3.63) is 23.8 Å². The molecule has 7 heteroatoms. The van der Waals surface area contributed by atoms with Gasteiger partial charge in [-0.3, -0.25) is 0 Å². The van der Waals surface area contributed by atoms with Gasteiger partial charge in [-0.2, -0.15) is 11.8 Å². The molecular weight excluding hydrogens is 296 g/mol. The monoisotopic (exact) mass is 318 g/mol. The lowest BCUT2D eigenvalue weighted by Crippen LogP contribution is -2.25. The summed E-state index contributed by atoms with van der Waals surface area (Å²) in [5.41, 5.74) is 6.31. The van der Waals surface area contributed by atoms with Crippen molar-refractivity contribution < 1.29 is 13.2 Å². The average molecular weight is 318 g/mol. The van der Waals surface area contributed by atoms with Gasteiger partial charge in [0.05, 0.1) is 7.11 Å². The van der Waals surface area contributed by atoms with Gasteiger partial charge in [-0.15, -0.1) is 0 Å². The van der Waals surface area contributed by atoms with Crippen molar-refractivity contribution in [1.82, 2.24) is 4.72 Å². The van der Waals surface area contributed by atoms with E-state index >= 15 is 0 Å². The number of methoxy groups -OCH3 is 1. The highest BCUT2D eigenvalue weighted by molar-refractivity contribution is 7.98. The van der Waals surface area contributed by atoms with E-state index in [0.717, 1.165) is 24.2 Å². The van der Waals surface area contributed by atoms with E-state index in [9.17, 15) is 8.42 Å². The van der Waals surface area contributed by atoms with Crippen LogP contribution in [0.25, 0.3) is 0 Å². The molecule has 20 heavy (non-hydrogen) atoms. The Morgan fingerprint density at radius 1 is 1.35 bits per heavy atom. The molecule has 0 aliphatic heterocycles. The van der Waals surface area contributed by atoms with Gasteiger partial charge in [0.1, 0.15) is 10.6 Å². The predicted molar refractivity (Wildman–Crippen MR) is 83.7 cm³/mol. The first kappa shape index (κ1) is 17.3. The van der Waals surface area contributed by atoms with Crippen molar-refractivity contribution in [1.29, 1.82) is 0 Å². The van der Waals surface area contributed by atoms with Crippen molar-refractivity contribution >= 4 is 21.8 Å². The molecule has 0 saturated carbocycles. The van der Waals surface area contributed by atoms with E-state index in [1.165, 1.54) is 7.11 Å². The summed E-state index contributed by atoms with van der Waals surface area (Å²) in [6.07, 6.45) is 3.84. The second kappa shape index (κ2) is 8.51. The number of nitrogens with two attached hydrogens (primary N) is 1. The van der Waals surface area contributed by atoms with Crippen LogP contribution in [0.1, 0.15) is 18.4 Å². The second-order valence-electron chi connectivity index (χ2n) is 4.29. The van der Waals surface area contributed by atoms with E-state index in [-0.39, 0.29) is 4.90 Å². The van der Waals surface area contributed by atoms with Crippen LogP contribution in [0.4, 0.5) is 0 Å². The second-order valence-corrected chi connectivity index (χ2v) is 7.01. The van der Waals surface area contributed by atoms with Gasteiger partial charge >= 0.3 is 0 Å². The fraction of sp³-hybridized carbons (Fsp3) is 0.538. The maximum absolute atomic E-state index is 12.3. The van der Waals surface area contributed by atoms with Crippen LogP contribution in [0.5, 0.6) is 5.75 Å². The molecular formula is C13H22N2O3S2. The van der Waals surface area contributed by atoms with E-state index < -0.39 is 10.0 Å². The summed E-state index contributed by atoms with van der Waals surface area (Å²) in [7, 11) is -2.11. The molecule has 114 valence electrons. The number of benzene rings is 1. The highest BCUT2D eigenvalue weighted by atomic mass is 32.2. The van der Waals surface area contributed by atoms with Crippen LogP contribution in [0.3, 0.4) is 0 Å². The van der Waals surface area contributed by atoms with E-state index in [0.29, 0.717) is 18.8 Å². The molecule has 1 rings (SSSR count). The van der Waals surface area contributed by atoms with Crippen LogP contribution in [0, 0.1) is 0 Å². The Labute approximate surface area is 125 Å². The molecule has 0 aliphatic carbocycles. The molecule has 0 atom stereocenters. The Hall–Kier alpha value is -0.760. The summed E-state index contributed by atoms with van der Waals surface area (Å²) in [5.74, 6) is 1.37. The highest BCUT2D eigenvalue weighted by Crippen LogP contribution is 2.24. The Balaban J connectivity index is 2.80. The third kappa shape index (κ3) is 4.97. The van der Waals surface area contributed by atoms with Crippen LogP contribution in [0.2, 0.25) is 0 Å². The maximum atomic E-state index is 12.3. The molecule has 0 saturated heterocycles. The first-order chi connectivity index (χ1) is 9.55. The zero-order chi connectivity index (χ0) is 15.0. The summed E-state index contributed by atoms with van der Waals surface area (Å²) in [5, 5.41) is 0. The molecule has 0 aliphatic rings. The number of nitrogens with one attached hydrogen (secondary N) is 1. The quantitative estimate of drug-likeness (QED) is 0.676. The van der Waals surface area contributed by atoms with Gasteiger partial charge in [0.15, 0.2) is 0 Å². The first-order valence-corrected chi connectivity index (χ1v) is 9.28. The van der Waals surface area contributed by atoms with E-state index in [4.69, 9.17) is 10.5 Å². The van der Waals surface area contributed by atoms with Gasteiger partial charge in [-0.05, 0) is 42.5 Å². The van der Waals surface area contributed by atoms with Gasteiger partial charge in [0.2, 0.25) is 10.0 Å². The number of hydrogen-bond donors (Lipinski definition) is 2. The van der Waals surface area contributed by atoms with Crippen molar-refractivity contribution in [2.75, 3.05) is 25.7 Å². The van der Waals surface area contributed by atoms with Crippen LogP contribution < -0.4 is 15.2 Å². The lowest BCUT2D eigenvalue weighted by atomic mass is 10.2. The van der Waals surface area contributed by atoms with Gasteiger partial charge in [0, 0.05) is 13.1 Å².